The van der Waals surface area contributed by atoms with Crippen molar-refractivity contribution in [2.24, 2.45) is 0 Å². The van der Waals surface area contributed by atoms with Crippen LogP contribution in [0.1, 0.15) is 29.9 Å². The summed E-state index contributed by atoms with van der Waals surface area (Å²) in [6.45, 7) is 3.93. The van der Waals surface area contributed by atoms with Crippen LogP contribution in [0.2, 0.25) is 0 Å². The molecule has 0 saturated carbocycles. The highest BCUT2D eigenvalue weighted by molar-refractivity contribution is 5.94. The van der Waals surface area contributed by atoms with Gasteiger partial charge in [0.1, 0.15) is 5.75 Å². The number of likely N-dealkylation sites (tertiary alicyclic amines) is 1. The van der Waals surface area contributed by atoms with Crippen molar-refractivity contribution in [1.29, 1.82) is 0 Å². The van der Waals surface area contributed by atoms with Crippen LogP contribution in [0, 0.1) is 0 Å². The van der Waals surface area contributed by atoms with Gasteiger partial charge >= 0.3 is 6.03 Å². The number of carbonyl (C=O) groups excluding carboxylic acids is 2. The number of methoxy groups -OCH3 is 2. The number of aromatic nitrogens is 2. The van der Waals surface area contributed by atoms with Gasteiger partial charge in [0, 0.05) is 50.4 Å². The minimum atomic E-state index is -0.455. The number of piperidine rings is 1. The number of ether oxygens (including phenoxy) is 2. The number of nitrogens with zero attached hydrogens (tertiary/aromatic N) is 6. The number of anilines is 1. The molecule has 0 bridgehead atoms. The van der Waals surface area contributed by atoms with Crippen LogP contribution in [0.4, 0.5) is 10.7 Å². The van der Waals surface area contributed by atoms with Crippen molar-refractivity contribution in [2.45, 2.75) is 30.8 Å². The second-order valence-corrected chi connectivity index (χ2v) is 10.7. The molecule has 39 heavy (non-hydrogen) atoms. The Morgan fingerprint density at radius 1 is 1.15 bits per heavy atom. The van der Waals surface area contributed by atoms with E-state index in [1.807, 2.05) is 53.1 Å². The maximum absolute atomic E-state index is 14.0. The standard InChI is InChI=1S/C27H38N8O4/c1-32(2)17-23(36)33-10-8-27(9-11-33)18-34(26(37)35(27)16-19-6-5-7-21(12-19)38-3)25-28-15-22(24(31-25)39-4)20-13-29-30-14-20/h5-7,12,15,20,29-30H,8-11,13-14,16-18H2,1-4H3. The number of amides is 3. The van der Waals surface area contributed by atoms with Gasteiger partial charge in [0.25, 0.3) is 0 Å². The van der Waals surface area contributed by atoms with Gasteiger partial charge in [-0.05, 0) is 44.6 Å². The lowest BCUT2D eigenvalue weighted by molar-refractivity contribution is -0.134. The average Bonchev–Trinajstić information content (AvgIpc) is 3.57. The fourth-order valence-corrected chi connectivity index (χ4v) is 5.73. The molecule has 4 heterocycles. The van der Waals surface area contributed by atoms with Gasteiger partial charge in [-0.1, -0.05) is 12.1 Å². The summed E-state index contributed by atoms with van der Waals surface area (Å²) in [7, 11) is 7.02. The lowest BCUT2D eigenvalue weighted by Crippen LogP contribution is -2.55. The zero-order chi connectivity index (χ0) is 27.6. The molecular formula is C27H38N8O4. The van der Waals surface area contributed by atoms with Gasteiger partial charge in [-0.2, -0.15) is 4.98 Å². The lowest BCUT2D eigenvalue weighted by atomic mass is 9.86. The van der Waals surface area contributed by atoms with Gasteiger partial charge in [0.2, 0.25) is 17.7 Å². The Hall–Kier alpha value is -3.48. The van der Waals surface area contributed by atoms with Crippen LogP contribution in [0.25, 0.3) is 0 Å². The van der Waals surface area contributed by atoms with Gasteiger partial charge < -0.3 is 24.2 Å². The molecule has 1 aromatic heterocycles. The van der Waals surface area contributed by atoms with Gasteiger partial charge in [0.15, 0.2) is 0 Å². The highest BCUT2D eigenvalue weighted by Crippen LogP contribution is 2.39. The maximum Gasteiger partial charge on any atom is 0.327 e. The van der Waals surface area contributed by atoms with E-state index in [1.54, 1.807) is 25.3 Å². The number of nitrogens with one attached hydrogen (secondary N) is 2. The number of hydrogen-bond acceptors (Lipinski definition) is 9. The van der Waals surface area contributed by atoms with Crippen molar-refractivity contribution in [1.82, 2.24) is 35.5 Å². The van der Waals surface area contributed by atoms with E-state index in [0.717, 1.165) is 30.0 Å². The maximum atomic E-state index is 14.0. The minimum Gasteiger partial charge on any atom is -0.497 e. The quantitative estimate of drug-likeness (QED) is 0.509. The molecule has 2 aromatic rings. The van der Waals surface area contributed by atoms with Crippen LogP contribution < -0.4 is 25.2 Å². The number of benzene rings is 1. The van der Waals surface area contributed by atoms with E-state index >= 15 is 0 Å². The van der Waals surface area contributed by atoms with E-state index in [-0.39, 0.29) is 17.9 Å². The summed E-state index contributed by atoms with van der Waals surface area (Å²) >= 11 is 0. The number of rotatable bonds is 8. The Balaban J connectivity index is 1.43. The van der Waals surface area contributed by atoms with Crippen LogP contribution in [0.5, 0.6) is 11.6 Å². The molecule has 0 unspecified atom stereocenters. The molecule has 0 radical (unpaired) electrons. The Morgan fingerprint density at radius 2 is 1.90 bits per heavy atom. The van der Waals surface area contributed by atoms with Crippen molar-refractivity contribution >= 4 is 17.9 Å². The van der Waals surface area contributed by atoms with Gasteiger partial charge in [0.05, 0.1) is 32.8 Å². The Bertz CT molecular complexity index is 1190. The summed E-state index contributed by atoms with van der Waals surface area (Å²) in [6, 6.07) is 7.63. The SMILES string of the molecule is COc1cccc(CN2C(=O)N(c3ncc(C4CNNC4)c(OC)n3)CC23CCN(C(=O)CN(C)C)CC3)c1. The summed E-state index contributed by atoms with van der Waals surface area (Å²) in [4.78, 5) is 43.5. The number of likely N-dealkylation sites (N-methyl/N-ethyl adjacent to an activating group) is 1. The zero-order valence-corrected chi connectivity index (χ0v) is 23.1. The van der Waals surface area contributed by atoms with Crippen LogP contribution in [0.3, 0.4) is 0 Å². The zero-order valence-electron chi connectivity index (χ0n) is 23.1. The molecule has 0 aliphatic carbocycles. The van der Waals surface area contributed by atoms with Crippen molar-refractivity contribution in [3.05, 3.63) is 41.6 Å². The molecule has 5 rings (SSSR count). The molecular weight excluding hydrogens is 500 g/mol. The largest absolute Gasteiger partial charge is 0.497 e. The van der Waals surface area contributed by atoms with E-state index in [9.17, 15) is 9.59 Å². The first kappa shape index (κ1) is 27.1. The first-order chi connectivity index (χ1) is 18.8. The predicted molar refractivity (Wildman–Crippen MR) is 146 cm³/mol. The van der Waals surface area contributed by atoms with E-state index in [4.69, 9.17) is 14.5 Å². The highest BCUT2D eigenvalue weighted by atomic mass is 16.5. The Morgan fingerprint density at radius 3 is 2.56 bits per heavy atom. The Kier molecular flexibility index (Phi) is 7.87. The summed E-state index contributed by atoms with van der Waals surface area (Å²) in [5.74, 6) is 1.85. The summed E-state index contributed by atoms with van der Waals surface area (Å²) in [6.07, 6.45) is 3.12. The number of urea groups is 1. The minimum absolute atomic E-state index is 0.106. The number of carbonyl (C=O) groups is 2. The third kappa shape index (κ3) is 5.49. The van der Waals surface area contributed by atoms with E-state index < -0.39 is 5.54 Å². The lowest BCUT2D eigenvalue weighted by Gasteiger charge is -2.44. The summed E-state index contributed by atoms with van der Waals surface area (Å²) < 4.78 is 11.0. The van der Waals surface area contributed by atoms with Crippen molar-refractivity contribution in [3.63, 3.8) is 0 Å². The third-order valence-corrected chi connectivity index (χ3v) is 7.92. The number of hydrazine groups is 1. The smallest absolute Gasteiger partial charge is 0.327 e. The topological polar surface area (TPSA) is 115 Å². The molecule has 210 valence electrons. The second-order valence-electron chi connectivity index (χ2n) is 10.7. The highest BCUT2D eigenvalue weighted by Gasteiger charge is 2.52. The van der Waals surface area contributed by atoms with Gasteiger partial charge in [-0.3, -0.25) is 20.5 Å². The molecule has 1 spiro atoms. The average molecular weight is 539 g/mol. The van der Waals surface area contributed by atoms with Crippen LogP contribution >= 0.6 is 0 Å². The molecule has 12 heteroatoms. The van der Waals surface area contributed by atoms with Crippen LogP contribution in [-0.4, -0.2) is 110 Å². The van der Waals surface area contributed by atoms with Crippen molar-refractivity contribution in [2.75, 3.05) is 72.5 Å². The molecule has 3 amide bonds. The molecule has 3 aliphatic heterocycles. The molecule has 0 atom stereocenters. The van der Waals surface area contributed by atoms with Gasteiger partial charge in [-0.15, -0.1) is 0 Å². The molecule has 1 aromatic carbocycles. The fraction of sp³-hybridized carbons (Fsp3) is 0.556. The predicted octanol–water partition coefficient (Wildman–Crippen LogP) is 1.05. The first-order valence-electron chi connectivity index (χ1n) is 13.3. The normalized spacial score (nSPS) is 19.4. The second kappa shape index (κ2) is 11.3. The summed E-state index contributed by atoms with van der Waals surface area (Å²) in [5, 5.41) is 0. The van der Waals surface area contributed by atoms with E-state index in [1.165, 1.54) is 0 Å². The van der Waals surface area contributed by atoms with Gasteiger partial charge in [-0.25, -0.2) is 9.78 Å². The molecule has 2 N–H and O–H groups in total. The van der Waals surface area contributed by atoms with Crippen molar-refractivity contribution in [3.8, 4) is 11.6 Å². The van der Waals surface area contributed by atoms with E-state index in [0.29, 0.717) is 57.4 Å². The molecule has 3 fully saturated rings. The molecule has 3 aliphatic rings. The molecule has 3 saturated heterocycles. The third-order valence-electron chi connectivity index (χ3n) is 7.92. The van der Waals surface area contributed by atoms with E-state index in [2.05, 4.69) is 15.8 Å². The van der Waals surface area contributed by atoms with Crippen molar-refractivity contribution < 1.29 is 19.1 Å². The fourth-order valence-electron chi connectivity index (χ4n) is 5.73. The first-order valence-corrected chi connectivity index (χ1v) is 13.3. The van der Waals surface area contributed by atoms with Crippen LogP contribution in [-0.2, 0) is 11.3 Å². The van der Waals surface area contributed by atoms with Crippen LogP contribution in [0.15, 0.2) is 30.5 Å². The monoisotopic (exact) mass is 538 g/mol. The number of hydrogen-bond donors (Lipinski definition) is 2. The Labute approximate surface area is 229 Å². The molecule has 12 nitrogen and oxygen atoms in total. The summed E-state index contributed by atoms with van der Waals surface area (Å²) in [5.41, 5.74) is 7.68.